The Hall–Kier alpha value is -8.60. The molecule has 0 spiro atoms. The Morgan fingerprint density at radius 2 is 1.13 bits per heavy atom. The molecule has 63 heavy (non-hydrogen) atoms. The molecule has 4 heterocycles. The topological polar surface area (TPSA) is 288 Å². The van der Waals surface area contributed by atoms with E-state index in [1.165, 1.54) is 18.2 Å². The Morgan fingerprint density at radius 1 is 0.667 bits per heavy atom. The molecule has 2 aromatic heterocycles. The standard InChI is InChI=1S/C24H25N5O6.C19H13N5O4/c1-24(2,3)35-23(33)26-11-13-4-6-16-15(8-13)21(31)29-20(28-16)22(32)25-10-14-5-7-18-17(9-14)27-19(30)12-34-18;20-7-10-1-3-13-12(5-10)18(26)24-17(23-13)19(27)21-8-11-2-4-15-14(6-11)22-16(25)9-28-15/h4-9H,10-12H2,1-3H3,(H,25,32)(H,26,33)(H,27,30)(H,28,29,31);1-6H,8-9H2,(H,21,27)(H,22,25)(H,23,24,26). The number of carbonyl (C=O) groups is 5. The van der Waals surface area contributed by atoms with Gasteiger partial charge in [-0.1, -0.05) is 18.2 Å². The second-order valence-corrected chi connectivity index (χ2v) is 15.1. The number of amides is 5. The summed E-state index contributed by atoms with van der Waals surface area (Å²) in [5.41, 5.74) is 2.61. The molecule has 0 aliphatic carbocycles. The maximum atomic E-state index is 12.6. The Bertz CT molecular complexity index is 3000. The monoisotopic (exact) mass is 854 g/mol. The molecule has 4 aromatic carbocycles. The molecule has 6 aromatic rings. The minimum atomic E-state index is -0.615. The van der Waals surface area contributed by atoms with Gasteiger partial charge >= 0.3 is 6.09 Å². The van der Waals surface area contributed by atoms with E-state index in [0.29, 0.717) is 45.0 Å². The average molecular weight is 855 g/mol. The molecular weight excluding hydrogens is 817 g/mol. The number of ether oxygens (including phenoxy) is 3. The number of aromatic nitrogens is 4. The number of nitrogens with one attached hydrogen (secondary N) is 7. The number of nitrogens with zero attached hydrogens (tertiary/aromatic N) is 3. The molecule has 5 amide bonds. The molecule has 0 radical (unpaired) electrons. The average Bonchev–Trinajstić information content (AvgIpc) is 3.25. The van der Waals surface area contributed by atoms with E-state index in [2.05, 4.69) is 46.5 Å². The normalized spacial score (nSPS) is 12.7. The zero-order valence-corrected chi connectivity index (χ0v) is 33.9. The molecule has 2 aliphatic heterocycles. The zero-order chi connectivity index (χ0) is 44.8. The van der Waals surface area contributed by atoms with Crippen LogP contribution in [0.25, 0.3) is 21.8 Å². The summed E-state index contributed by atoms with van der Waals surface area (Å²) in [7, 11) is 0. The molecule has 320 valence electrons. The summed E-state index contributed by atoms with van der Waals surface area (Å²) >= 11 is 0. The van der Waals surface area contributed by atoms with E-state index in [4.69, 9.17) is 19.5 Å². The third-order valence-corrected chi connectivity index (χ3v) is 9.13. The lowest BCUT2D eigenvalue weighted by Crippen LogP contribution is -2.32. The van der Waals surface area contributed by atoms with Gasteiger partial charge < -0.3 is 50.8 Å². The van der Waals surface area contributed by atoms with Gasteiger partial charge in [0.15, 0.2) is 24.9 Å². The van der Waals surface area contributed by atoms with E-state index in [0.717, 1.165) is 11.1 Å². The van der Waals surface area contributed by atoms with Crippen molar-refractivity contribution in [3.8, 4) is 17.6 Å². The maximum absolute atomic E-state index is 12.6. The lowest BCUT2D eigenvalue weighted by Gasteiger charge is -2.19. The molecule has 2 aliphatic rings. The highest BCUT2D eigenvalue weighted by atomic mass is 16.6. The SMILES string of the molecule is CC(C)(C)OC(=O)NCc1ccc2nc(C(=O)NCc3ccc4c(c3)NC(=O)CO4)[nH]c(=O)c2c1.N#Cc1ccc2nc(C(=O)NCc3ccc4c(c3)NC(=O)CO4)[nH]c(=O)c2c1. The Kier molecular flexibility index (Phi) is 12.1. The maximum Gasteiger partial charge on any atom is 0.407 e. The molecular formula is C43H38N10O10. The molecule has 0 bridgehead atoms. The molecule has 0 atom stereocenters. The highest BCUT2D eigenvalue weighted by Gasteiger charge is 2.20. The summed E-state index contributed by atoms with van der Waals surface area (Å²) in [5.74, 6) is -0.744. The van der Waals surface area contributed by atoms with Crippen molar-refractivity contribution in [3.05, 3.63) is 127 Å². The van der Waals surface area contributed by atoms with E-state index < -0.39 is 34.6 Å². The molecule has 0 saturated heterocycles. The Labute approximate surface area is 356 Å². The van der Waals surface area contributed by atoms with E-state index in [1.807, 2.05) is 6.07 Å². The third kappa shape index (κ3) is 10.6. The van der Waals surface area contributed by atoms with Gasteiger partial charge in [-0.15, -0.1) is 0 Å². The van der Waals surface area contributed by atoms with Crippen molar-refractivity contribution < 1.29 is 38.2 Å². The lowest BCUT2D eigenvalue weighted by atomic mass is 10.1. The first-order chi connectivity index (χ1) is 30.1. The zero-order valence-electron chi connectivity index (χ0n) is 33.9. The first-order valence-corrected chi connectivity index (χ1v) is 19.2. The molecule has 20 nitrogen and oxygen atoms in total. The van der Waals surface area contributed by atoms with Crippen molar-refractivity contribution in [3.63, 3.8) is 0 Å². The van der Waals surface area contributed by atoms with Crippen molar-refractivity contribution in [2.75, 3.05) is 23.8 Å². The fourth-order valence-corrected chi connectivity index (χ4v) is 6.22. The number of hydrogen-bond donors (Lipinski definition) is 7. The van der Waals surface area contributed by atoms with Crippen LogP contribution >= 0.6 is 0 Å². The van der Waals surface area contributed by atoms with Crippen LogP contribution in [0.2, 0.25) is 0 Å². The minimum Gasteiger partial charge on any atom is -0.482 e. The molecule has 20 heteroatoms. The number of alkyl carbamates (subject to hydrolysis) is 1. The number of H-pyrrole nitrogens is 2. The highest BCUT2D eigenvalue weighted by Crippen LogP contribution is 2.29. The van der Waals surface area contributed by atoms with Crippen molar-refractivity contribution in [1.82, 2.24) is 35.9 Å². The van der Waals surface area contributed by atoms with Gasteiger partial charge in [-0.05, 0) is 92.1 Å². The smallest absolute Gasteiger partial charge is 0.407 e. The van der Waals surface area contributed by atoms with Gasteiger partial charge in [0.2, 0.25) is 0 Å². The van der Waals surface area contributed by atoms with Crippen LogP contribution < -0.4 is 47.2 Å². The highest BCUT2D eigenvalue weighted by molar-refractivity contribution is 5.97. The van der Waals surface area contributed by atoms with E-state index >= 15 is 0 Å². The fourth-order valence-electron chi connectivity index (χ4n) is 6.22. The van der Waals surface area contributed by atoms with E-state index in [1.54, 1.807) is 75.4 Å². The minimum absolute atomic E-state index is 0.0278. The van der Waals surface area contributed by atoms with Crippen LogP contribution in [0.3, 0.4) is 0 Å². The summed E-state index contributed by atoms with van der Waals surface area (Å²) < 4.78 is 15.8. The van der Waals surface area contributed by atoms with Crippen molar-refractivity contribution in [1.29, 1.82) is 5.26 Å². The van der Waals surface area contributed by atoms with Crippen LogP contribution in [-0.2, 0) is 34.0 Å². The lowest BCUT2D eigenvalue weighted by molar-refractivity contribution is -0.119. The van der Waals surface area contributed by atoms with Crippen LogP contribution in [0.5, 0.6) is 11.5 Å². The fraction of sp³-hybridized carbons (Fsp3) is 0.209. The van der Waals surface area contributed by atoms with E-state index in [9.17, 15) is 33.6 Å². The van der Waals surface area contributed by atoms with Crippen molar-refractivity contribution in [2.45, 2.75) is 46.0 Å². The molecule has 0 fully saturated rings. The number of nitriles is 1. The van der Waals surface area contributed by atoms with Gasteiger partial charge in [-0.3, -0.25) is 28.8 Å². The van der Waals surface area contributed by atoms with Gasteiger partial charge in [-0.25, -0.2) is 14.8 Å². The third-order valence-electron chi connectivity index (χ3n) is 9.13. The molecule has 8 rings (SSSR count). The van der Waals surface area contributed by atoms with Gasteiger partial charge in [0.25, 0.3) is 34.7 Å². The summed E-state index contributed by atoms with van der Waals surface area (Å²) in [6.45, 7) is 5.72. The number of aromatic amines is 2. The Morgan fingerprint density at radius 3 is 1.63 bits per heavy atom. The largest absolute Gasteiger partial charge is 0.482 e. The number of fused-ring (bicyclic) bond motifs is 4. The summed E-state index contributed by atoms with van der Waals surface area (Å²) in [4.78, 5) is 97.9. The Balaban J connectivity index is 0.000000193. The van der Waals surface area contributed by atoms with E-state index in [-0.39, 0.29) is 67.1 Å². The van der Waals surface area contributed by atoms with Gasteiger partial charge in [0.05, 0.1) is 44.8 Å². The quantitative estimate of drug-likeness (QED) is 0.116. The molecule has 0 saturated carbocycles. The van der Waals surface area contributed by atoms with Gasteiger partial charge in [-0.2, -0.15) is 5.26 Å². The van der Waals surface area contributed by atoms with Gasteiger partial charge in [0, 0.05) is 19.6 Å². The van der Waals surface area contributed by atoms with Crippen LogP contribution in [0.15, 0.2) is 82.4 Å². The number of anilines is 2. The second kappa shape index (κ2) is 17.9. The number of rotatable bonds is 8. The summed E-state index contributed by atoms with van der Waals surface area (Å²) in [5, 5.41) is 22.9. The molecule has 7 N–H and O–H groups in total. The first-order valence-electron chi connectivity index (χ1n) is 19.2. The van der Waals surface area contributed by atoms with Crippen LogP contribution in [-0.4, -0.2) is 68.5 Å². The van der Waals surface area contributed by atoms with Crippen LogP contribution in [0.1, 0.15) is 64.3 Å². The predicted molar refractivity (Wildman–Crippen MR) is 226 cm³/mol. The first kappa shape index (κ1) is 42.5. The van der Waals surface area contributed by atoms with Crippen molar-refractivity contribution in [2.24, 2.45) is 0 Å². The summed E-state index contributed by atoms with van der Waals surface area (Å²) in [6.07, 6.45) is -0.564. The summed E-state index contributed by atoms with van der Waals surface area (Å²) in [6, 6.07) is 21.7. The second-order valence-electron chi connectivity index (χ2n) is 15.1. The van der Waals surface area contributed by atoms with Crippen molar-refractivity contribution >= 4 is 62.9 Å². The number of carbonyl (C=O) groups excluding carboxylic acids is 5. The number of hydrogen-bond acceptors (Lipinski definition) is 13. The molecule has 0 unspecified atom stereocenters. The number of benzene rings is 4. The van der Waals surface area contributed by atoms with Crippen LogP contribution in [0, 0.1) is 11.3 Å². The predicted octanol–water partition coefficient (Wildman–Crippen LogP) is 3.26. The van der Waals surface area contributed by atoms with Crippen LogP contribution in [0.4, 0.5) is 16.2 Å². The van der Waals surface area contributed by atoms with Gasteiger partial charge in [0.1, 0.15) is 17.1 Å².